The fourth-order valence-corrected chi connectivity index (χ4v) is 7.03. The summed E-state index contributed by atoms with van der Waals surface area (Å²) >= 11 is 0. The van der Waals surface area contributed by atoms with Gasteiger partial charge in [0.25, 0.3) is 0 Å². The van der Waals surface area contributed by atoms with Gasteiger partial charge in [0.2, 0.25) is 5.91 Å². The molecule has 0 spiro atoms. The Morgan fingerprint density at radius 2 is 1.75 bits per heavy atom. The molecule has 0 unspecified atom stereocenters. The summed E-state index contributed by atoms with van der Waals surface area (Å²) < 4.78 is 20.8. The van der Waals surface area contributed by atoms with Gasteiger partial charge < -0.3 is 15.0 Å². The number of ether oxygens (including phenoxy) is 1. The summed E-state index contributed by atoms with van der Waals surface area (Å²) in [5.74, 6) is 0.229. The molecule has 1 amide bonds. The van der Waals surface area contributed by atoms with Crippen LogP contribution in [-0.4, -0.2) is 67.2 Å². The lowest BCUT2D eigenvalue weighted by Gasteiger charge is -2.20. The number of nitrogens with zero attached hydrogens (tertiary/aromatic N) is 5. The van der Waals surface area contributed by atoms with Crippen LogP contribution in [0.5, 0.6) is 5.75 Å². The highest BCUT2D eigenvalue weighted by molar-refractivity contribution is 6.00. The first-order chi connectivity index (χ1) is 23.6. The molecular weight excluding hydrogens is 607 g/mol. The second-order valence-electron chi connectivity index (χ2n) is 12.9. The minimum Gasteiger partial charge on any atom is -0.492 e. The lowest BCUT2D eigenvalue weighted by molar-refractivity contribution is -0.120. The Kier molecular flexibility index (Phi) is 8.27. The van der Waals surface area contributed by atoms with Gasteiger partial charge in [0.1, 0.15) is 23.9 Å². The van der Waals surface area contributed by atoms with Gasteiger partial charge in [-0.3, -0.25) is 29.7 Å². The molecule has 1 saturated heterocycles. The first-order valence-electron chi connectivity index (χ1n) is 16.8. The largest absolute Gasteiger partial charge is 0.492 e. The van der Waals surface area contributed by atoms with Crippen molar-refractivity contribution in [3.63, 3.8) is 0 Å². The number of rotatable bonds is 9. The second kappa shape index (κ2) is 13.2. The minimum atomic E-state index is -0.372. The standard InChI is InChI=1S/C37H37FN8O2/c38-26-14-24(16-28(17-26)48-13-12-46-10-4-5-11-46)35-29-19-33(43-31(29)8-9-40-35)36-30-18-32(41-22-34(30)44-45-36)25-15-27(21-39-20-25)42-37(47)23-6-2-1-3-7-23/h8-9,14-23,43H,1-7,10-13H2,(H,42,47)(H,44,45). The number of carbonyl (C=O) groups is 1. The maximum atomic E-state index is 14.8. The van der Waals surface area contributed by atoms with E-state index in [4.69, 9.17) is 4.74 Å². The van der Waals surface area contributed by atoms with Gasteiger partial charge in [-0.05, 0) is 75.2 Å². The Morgan fingerprint density at radius 3 is 2.62 bits per heavy atom. The highest BCUT2D eigenvalue weighted by atomic mass is 19.1. The van der Waals surface area contributed by atoms with Crippen LogP contribution in [0.25, 0.3) is 55.7 Å². The number of halogens is 1. The number of H-pyrrole nitrogens is 2. The van der Waals surface area contributed by atoms with E-state index in [-0.39, 0.29) is 17.6 Å². The highest BCUT2D eigenvalue weighted by Gasteiger charge is 2.22. The molecule has 6 aromatic rings. The second-order valence-corrected chi connectivity index (χ2v) is 12.9. The molecule has 5 aromatic heterocycles. The summed E-state index contributed by atoms with van der Waals surface area (Å²) in [7, 11) is 0. The molecule has 1 saturated carbocycles. The van der Waals surface area contributed by atoms with Crippen LogP contribution in [0.2, 0.25) is 0 Å². The van der Waals surface area contributed by atoms with Crippen molar-refractivity contribution in [3.05, 3.63) is 73.1 Å². The number of aromatic amines is 2. The van der Waals surface area contributed by atoms with Gasteiger partial charge in [-0.25, -0.2) is 4.39 Å². The van der Waals surface area contributed by atoms with Crippen LogP contribution >= 0.6 is 0 Å². The van der Waals surface area contributed by atoms with Crippen molar-refractivity contribution in [2.75, 3.05) is 31.6 Å². The number of anilines is 1. The van der Waals surface area contributed by atoms with Crippen molar-refractivity contribution in [2.45, 2.75) is 44.9 Å². The summed E-state index contributed by atoms with van der Waals surface area (Å²) in [5, 5.41) is 12.5. The van der Waals surface area contributed by atoms with E-state index in [2.05, 4.69) is 40.3 Å². The Balaban J connectivity index is 1.07. The van der Waals surface area contributed by atoms with Gasteiger partial charge in [0.05, 0.1) is 40.7 Å². The van der Waals surface area contributed by atoms with Gasteiger partial charge in [-0.15, -0.1) is 0 Å². The number of fused-ring (bicyclic) bond motifs is 2. The monoisotopic (exact) mass is 644 g/mol. The quantitative estimate of drug-likeness (QED) is 0.150. The third-order valence-electron chi connectivity index (χ3n) is 9.55. The SMILES string of the molecule is O=C(Nc1cncc(-c2cc3c(-c4cc5c(-c6cc(F)cc(OCCN7CCCC7)c6)nccc5[nH]4)n[nH]c3cn2)c1)C1CCCCC1. The van der Waals surface area contributed by atoms with Crippen LogP contribution in [0, 0.1) is 11.7 Å². The molecule has 8 rings (SSSR count). The molecule has 0 radical (unpaired) electrons. The number of carbonyl (C=O) groups excluding carboxylic acids is 1. The Hall–Kier alpha value is -5.16. The van der Waals surface area contributed by atoms with E-state index in [0.29, 0.717) is 35.0 Å². The molecule has 10 nitrogen and oxygen atoms in total. The number of nitrogens with one attached hydrogen (secondary N) is 3. The van der Waals surface area contributed by atoms with Crippen molar-refractivity contribution in [1.82, 2.24) is 35.0 Å². The molecule has 1 aliphatic carbocycles. The van der Waals surface area contributed by atoms with Crippen molar-refractivity contribution >= 4 is 33.4 Å². The van der Waals surface area contributed by atoms with E-state index in [1.165, 1.54) is 31.4 Å². The molecule has 11 heteroatoms. The Labute approximate surface area is 277 Å². The number of likely N-dealkylation sites (tertiary alicyclic amines) is 1. The molecule has 1 aromatic carbocycles. The van der Waals surface area contributed by atoms with Gasteiger partial charge in [-0.1, -0.05) is 19.3 Å². The van der Waals surface area contributed by atoms with Crippen molar-refractivity contribution < 1.29 is 13.9 Å². The van der Waals surface area contributed by atoms with E-state index in [0.717, 1.165) is 84.1 Å². The zero-order valence-electron chi connectivity index (χ0n) is 26.6. The number of amides is 1. The summed E-state index contributed by atoms with van der Waals surface area (Å²) in [6.07, 6.45) is 14.6. The molecular formula is C37H37FN8O2. The maximum Gasteiger partial charge on any atom is 0.227 e. The van der Waals surface area contributed by atoms with Crippen molar-refractivity contribution in [1.29, 1.82) is 0 Å². The molecule has 3 N–H and O–H groups in total. The zero-order chi connectivity index (χ0) is 32.5. The van der Waals surface area contributed by atoms with Crippen LogP contribution < -0.4 is 10.1 Å². The molecule has 0 atom stereocenters. The van der Waals surface area contributed by atoms with Crippen LogP contribution in [0.4, 0.5) is 10.1 Å². The summed E-state index contributed by atoms with van der Waals surface area (Å²) in [4.78, 5) is 32.4. The van der Waals surface area contributed by atoms with Gasteiger partial charge in [0, 0.05) is 58.3 Å². The number of aromatic nitrogens is 6. The lowest BCUT2D eigenvalue weighted by Crippen LogP contribution is -2.25. The summed E-state index contributed by atoms with van der Waals surface area (Å²) in [6, 6.07) is 12.5. The third kappa shape index (κ3) is 6.25. The number of hydrogen-bond acceptors (Lipinski definition) is 7. The normalized spacial score (nSPS) is 15.8. The number of pyridine rings is 3. The molecule has 1 aliphatic heterocycles. The Morgan fingerprint density at radius 1 is 0.896 bits per heavy atom. The van der Waals surface area contributed by atoms with Gasteiger partial charge in [0.15, 0.2) is 0 Å². The number of hydrogen-bond donors (Lipinski definition) is 3. The van der Waals surface area contributed by atoms with Crippen LogP contribution in [0.15, 0.2) is 67.3 Å². The van der Waals surface area contributed by atoms with Crippen LogP contribution in [0.3, 0.4) is 0 Å². The predicted octanol–water partition coefficient (Wildman–Crippen LogP) is 7.36. The van der Waals surface area contributed by atoms with Crippen molar-refractivity contribution in [2.24, 2.45) is 5.92 Å². The van der Waals surface area contributed by atoms with Crippen LogP contribution in [0.1, 0.15) is 44.9 Å². The van der Waals surface area contributed by atoms with Gasteiger partial charge >= 0.3 is 0 Å². The summed E-state index contributed by atoms with van der Waals surface area (Å²) in [5.41, 5.74) is 6.59. The third-order valence-corrected chi connectivity index (χ3v) is 9.55. The predicted molar refractivity (Wildman–Crippen MR) is 184 cm³/mol. The fourth-order valence-electron chi connectivity index (χ4n) is 7.03. The smallest absolute Gasteiger partial charge is 0.227 e. The Bertz CT molecular complexity index is 2090. The van der Waals surface area contributed by atoms with Crippen LogP contribution in [-0.2, 0) is 4.79 Å². The highest BCUT2D eigenvalue weighted by Crippen LogP contribution is 2.35. The summed E-state index contributed by atoms with van der Waals surface area (Å²) in [6.45, 7) is 3.52. The number of benzene rings is 1. The topological polar surface area (TPSA) is 125 Å². The zero-order valence-corrected chi connectivity index (χ0v) is 26.6. The van der Waals surface area contributed by atoms with E-state index in [9.17, 15) is 9.18 Å². The van der Waals surface area contributed by atoms with E-state index in [1.54, 1.807) is 24.8 Å². The minimum absolute atomic E-state index is 0.0540. The average Bonchev–Trinajstić information content (AvgIpc) is 3.88. The van der Waals surface area contributed by atoms with E-state index < -0.39 is 0 Å². The molecule has 48 heavy (non-hydrogen) atoms. The maximum absolute atomic E-state index is 14.8. The molecule has 6 heterocycles. The average molecular weight is 645 g/mol. The first kappa shape index (κ1) is 30.2. The van der Waals surface area contributed by atoms with Gasteiger partial charge in [-0.2, -0.15) is 5.10 Å². The van der Waals surface area contributed by atoms with E-state index in [1.807, 2.05) is 30.3 Å². The molecule has 2 fully saturated rings. The fraction of sp³-hybridized carbons (Fsp3) is 0.324. The van der Waals surface area contributed by atoms with Crippen molar-refractivity contribution in [3.8, 4) is 39.7 Å². The van der Waals surface area contributed by atoms with E-state index >= 15 is 0 Å². The molecule has 244 valence electrons. The molecule has 0 bridgehead atoms. The first-order valence-corrected chi connectivity index (χ1v) is 16.8. The lowest BCUT2D eigenvalue weighted by atomic mass is 9.88. The molecule has 2 aliphatic rings.